The monoisotopic (exact) mass is 293 g/mol. The zero-order valence-corrected chi connectivity index (χ0v) is 13.2. The average molecular weight is 293 g/mol. The van der Waals surface area contributed by atoms with Crippen molar-refractivity contribution in [3.8, 4) is 0 Å². The molecule has 22 heavy (non-hydrogen) atoms. The number of benzene rings is 2. The summed E-state index contributed by atoms with van der Waals surface area (Å²) in [5, 5.41) is 7.11. The van der Waals surface area contributed by atoms with Gasteiger partial charge in [-0.1, -0.05) is 49.4 Å². The van der Waals surface area contributed by atoms with Crippen LogP contribution in [-0.4, -0.2) is 6.04 Å². The largest absolute Gasteiger partial charge is 0.396 e. The first kappa shape index (κ1) is 14.5. The lowest BCUT2D eigenvalue weighted by atomic mass is 9.96. The van der Waals surface area contributed by atoms with Gasteiger partial charge in [-0.05, 0) is 25.0 Å². The lowest BCUT2D eigenvalue weighted by Gasteiger charge is -2.25. The van der Waals surface area contributed by atoms with Crippen molar-refractivity contribution in [2.75, 3.05) is 5.32 Å². The highest BCUT2D eigenvalue weighted by molar-refractivity contribution is 5.93. The Morgan fingerprint density at radius 3 is 2.55 bits per heavy atom. The highest BCUT2D eigenvalue weighted by Crippen LogP contribution is 2.31. The van der Waals surface area contributed by atoms with Crippen LogP contribution >= 0.6 is 0 Å². The number of nitrogens with two attached hydrogens (primary N) is 1. The van der Waals surface area contributed by atoms with Gasteiger partial charge in [-0.3, -0.25) is 0 Å². The molecule has 1 atom stereocenters. The predicted octanol–water partition coefficient (Wildman–Crippen LogP) is 3.78. The van der Waals surface area contributed by atoms with Gasteiger partial charge in [-0.2, -0.15) is 0 Å². The molecule has 0 saturated heterocycles. The van der Waals surface area contributed by atoms with Crippen LogP contribution in [0.1, 0.15) is 37.0 Å². The second-order valence-electron chi connectivity index (χ2n) is 5.80. The van der Waals surface area contributed by atoms with Gasteiger partial charge < -0.3 is 16.4 Å². The fourth-order valence-corrected chi connectivity index (χ4v) is 2.76. The molecule has 3 nitrogen and oxygen atoms in total. The molecular formula is C19H23N3. The molecule has 0 aromatic heterocycles. The fourth-order valence-electron chi connectivity index (χ4n) is 2.76. The van der Waals surface area contributed by atoms with Crippen molar-refractivity contribution in [1.82, 2.24) is 5.32 Å². The fraction of sp³-hybridized carbons (Fsp3) is 0.263. The lowest BCUT2D eigenvalue weighted by molar-refractivity contribution is 0.630. The van der Waals surface area contributed by atoms with Crippen molar-refractivity contribution in [3.63, 3.8) is 0 Å². The number of anilines is 1. The molecule has 0 bridgehead atoms. The second-order valence-corrected chi connectivity index (χ2v) is 5.80. The average Bonchev–Trinajstić information content (AvgIpc) is 2.56. The summed E-state index contributed by atoms with van der Waals surface area (Å²) in [5.41, 5.74) is 13.0. The molecule has 3 rings (SSSR count). The van der Waals surface area contributed by atoms with Gasteiger partial charge in [0.25, 0.3) is 0 Å². The van der Waals surface area contributed by atoms with E-state index in [4.69, 9.17) is 5.73 Å². The number of rotatable bonds is 3. The van der Waals surface area contributed by atoms with E-state index in [9.17, 15) is 0 Å². The summed E-state index contributed by atoms with van der Waals surface area (Å²) in [6, 6.07) is 17.0. The smallest absolute Gasteiger partial charge is 0.0660 e. The zero-order valence-electron chi connectivity index (χ0n) is 13.2. The molecule has 0 spiro atoms. The molecule has 3 heteroatoms. The van der Waals surface area contributed by atoms with Gasteiger partial charge in [0.1, 0.15) is 0 Å². The van der Waals surface area contributed by atoms with Crippen molar-refractivity contribution in [1.29, 1.82) is 0 Å². The Balaban J connectivity index is 2.20. The van der Waals surface area contributed by atoms with E-state index in [2.05, 4.69) is 60.9 Å². The van der Waals surface area contributed by atoms with Crippen molar-refractivity contribution in [2.45, 2.75) is 32.9 Å². The minimum absolute atomic E-state index is 0.376. The normalized spacial score (nSPS) is 18.3. The summed E-state index contributed by atoms with van der Waals surface area (Å²) >= 11 is 0. The molecule has 1 aliphatic rings. The molecule has 2 aromatic carbocycles. The zero-order chi connectivity index (χ0) is 15.5. The summed E-state index contributed by atoms with van der Waals surface area (Å²) in [6.07, 6.45) is 1.05. The van der Waals surface area contributed by atoms with Gasteiger partial charge in [-0.15, -0.1) is 0 Å². The third-order valence-corrected chi connectivity index (χ3v) is 4.25. The number of para-hydroxylation sites is 1. The summed E-state index contributed by atoms with van der Waals surface area (Å²) in [4.78, 5) is 0. The quantitative estimate of drug-likeness (QED) is 0.807. The van der Waals surface area contributed by atoms with E-state index in [1.165, 1.54) is 11.1 Å². The first-order chi connectivity index (χ1) is 10.7. The number of nitrogens with one attached hydrogen (secondary N) is 2. The molecule has 0 radical (unpaired) electrons. The van der Waals surface area contributed by atoms with E-state index in [-0.39, 0.29) is 0 Å². The van der Waals surface area contributed by atoms with Crippen LogP contribution in [0.2, 0.25) is 0 Å². The standard InChI is InChI=1S/C19H23N3/c1-3-13(2)22-19-15-9-5-4-8-14(15)12-21-17-11-7-6-10-16(17)18(19)20/h4-11,13,21-22H,3,12,20H2,1-2H3/b19-18-. The number of hydrogen-bond acceptors (Lipinski definition) is 3. The minimum atomic E-state index is 0.376. The van der Waals surface area contributed by atoms with E-state index in [1.807, 2.05) is 12.1 Å². The van der Waals surface area contributed by atoms with Crippen LogP contribution in [0.3, 0.4) is 0 Å². The molecule has 2 aromatic rings. The van der Waals surface area contributed by atoms with Gasteiger partial charge in [0.15, 0.2) is 0 Å². The van der Waals surface area contributed by atoms with Gasteiger partial charge in [0.2, 0.25) is 0 Å². The van der Waals surface area contributed by atoms with Crippen LogP contribution in [0.15, 0.2) is 48.5 Å². The highest BCUT2D eigenvalue weighted by Gasteiger charge is 2.18. The molecule has 0 aliphatic carbocycles. The van der Waals surface area contributed by atoms with Gasteiger partial charge in [-0.25, -0.2) is 0 Å². The van der Waals surface area contributed by atoms with Gasteiger partial charge >= 0.3 is 0 Å². The summed E-state index contributed by atoms with van der Waals surface area (Å²) in [5.74, 6) is 0. The van der Waals surface area contributed by atoms with Gasteiger partial charge in [0, 0.05) is 29.4 Å². The molecule has 1 unspecified atom stereocenters. The number of hydrogen-bond donors (Lipinski definition) is 3. The molecule has 0 fully saturated rings. The van der Waals surface area contributed by atoms with Crippen LogP contribution in [0.25, 0.3) is 11.4 Å². The maximum absolute atomic E-state index is 6.56. The lowest BCUT2D eigenvalue weighted by Crippen LogP contribution is -2.27. The molecule has 0 amide bonds. The van der Waals surface area contributed by atoms with Crippen LogP contribution in [-0.2, 0) is 6.54 Å². The molecular weight excluding hydrogens is 270 g/mol. The van der Waals surface area contributed by atoms with Crippen molar-refractivity contribution in [3.05, 3.63) is 65.2 Å². The Hall–Kier alpha value is -2.42. The predicted molar refractivity (Wildman–Crippen MR) is 94.1 cm³/mol. The Kier molecular flexibility index (Phi) is 4.05. The maximum atomic E-state index is 6.56. The minimum Gasteiger partial charge on any atom is -0.396 e. The summed E-state index contributed by atoms with van der Waals surface area (Å²) in [7, 11) is 0. The van der Waals surface area contributed by atoms with Crippen molar-refractivity contribution >= 4 is 17.1 Å². The maximum Gasteiger partial charge on any atom is 0.0660 e. The second kappa shape index (κ2) is 6.14. The van der Waals surface area contributed by atoms with Crippen molar-refractivity contribution in [2.24, 2.45) is 5.73 Å². The third kappa shape index (κ3) is 2.67. The van der Waals surface area contributed by atoms with E-state index in [1.54, 1.807) is 0 Å². The molecule has 114 valence electrons. The SMILES string of the molecule is CCC(C)N/C1=C(\N)c2ccccc2NCc2ccccc21. The van der Waals surface area contributed by atoms with E-state index >= 15 is 0 Å². The van der Waals surface area contributed by atoms with E-state index in [0.717, 1.165) is 35.6 Å². The van der Waals surface area contributed by atoms with Crippen LogP contribution < -0.4 is 16.4 Å². The summed E-state index contributed by atoms with van der Waals surface area (Å²) in [6.45, 7) is 5.16. The molecule has 4 N–H and O–H groups in total. The Labute approximate surface area is 132 Å². The Morgan fingerprint density at radius 1 is 1.09 bits per heavy atom. The van der Waals surface area contributed by atoms with Gasteiger partial charge in [0.05, 0.1) is 11.4 Å². The van der Waals surface area contributed by atoms with Crippen LogP contribution in [0, 0.1) is 0 Å². The topological polar surface area (TPSA) is 50.1 Å². The van der Waals surface area contributed by atoms with Crippen LogP contribution in [0.5, 0.6) is 0 Å². The Bertz CT molecular complexity index is 703. The first-order valence-electron chi connectivity index (χ1n) is 7.88. The van der Waals surface area contributed by atoms with E-state index < -0.39 is 0 Å². The number of fused-ring (bicyclic) bond motifs is 2. The van der Waals surface area contributed by atoms with E-state index in [0.29, 0.717) is 6.04 Å². The first-order valence-corrected chi connectivity index (χ1v) is 7.88. The molecule has 1 aliphatic heterocycles. The highest BCUT2D eigenvalue weighted by atomic mass is 15.0. The summed E-state index contributed by atoms with van der Waals surface area (Å²) < 4.78 is 0. The van der Waals surface area contributed by atoms with Crippen molar-refractivity contribution < 1.29 is 0 Å². The van der Waals surface area contributed by atoms with Crippen LogP contribution in [0.4, 0.5) is 5.69 Å². The third-order valence-electron chi connectivity index (χ3n) is 4.25. The molecule has 0 saturated carbocycles. The molecule has 1 heterocycles. The Morgan fingerprint density at radius 2 is 1.77 bits per heavy atom.